The summed E-state index contributed by atoms with van der Waals surface area (Å²) in [7, 11) is 0. The first-order chi connectivity index (χ1) is 9.62. The second-order valence-corrected chi connectivity index (χ2v) is 5.79. The largest absolute Gasteiger partial charge is 0.352 e. The molecule has 1 fully saturated rings. The first kappa shape index (κ1) is 13.3. The number of hydrogen-bond donors (Lipinski definition) is 2. The number of nitrogens with zero attached hydrogens (tertiary/aromatic N) is 5. The molecule has 7 heteroatoms. The molecule has 2 aromatic heterocycles. The summed E-state index contributed by atoms with van der Waals surface area (Å²) in [6.07, 6.45) is 3.24. The van der Waals surface area contributed by atoms with Crippen LogP contribution < -0.4 is 10.6 Å². The third kappa shape index (κ3) is 2.23. The van der Waals surface area contributed by atoms with E-state index in [2.05, 4.69) is 43.6 Å². The molecule has 0 aliphatic carbocycles. The Kier molecular flexibility index (Phi) is 3.31. The van der Waals surface area contributed by atoms with Crippen LogP contribution in [0.25, 0.3) is 11.2 Å². The van der Waals surface area contributed by atoms with Gasteiger partial charge < -0.3 is 15.6 Å². The van der Waals surface area contributed by atoms with Gasteiger partial charge in [-0.1, -0.05) is 0 Å². The molecule has 108 valence electrons. The number of aromatic amines is 1. The molecule has 0 saturated carbocycles. The van der Waals surface area contributed by atoms with Crippen molar-refractivity contribution < 1.29 is 0 Å². The van der Waals surface area contributed by atoms with E-state index >= 15 is 0 Å². The third-order valence-corrected chi connectivity index (χ3v) is 4.14. The number of aromatic nitrogens is 4. The van der Waals surface area contributed by atoms with Gasteiger partial charge in [-0.25, -0.2) is 15.0 Å². The maximum Gasteiger partial charge on any atom is 0.182 e. The molecule has 0 radical (unpaired) electrons. The molecule has 0 spiro atoms. The predicted octanol–water partition coefficient (Wildman–Crippen LogP) is 0.212. The first-order valence-corrected chi connectivity index (χ1v) is 6.96. The minimum Gasteiger partial charge on any atom is -0.352 e. The van der Waals surface area contributed by atoms with Crippen LogP contribution in [0.4, 0.5) is 5.82 Å². The normalized spacial score (nSPS) is 17.9. The number of fused-ring (bicyclic) bond motifs is 1. The number of hydrogen-bond acceptors (Lipinski definition) is 6. The Morgan fingerprint density at radius 2 is 1.95 bits per heavy atom. The van der Waals surface area contributed by atoms with Crippen molar-refractivity contribution in [3.63, 3.8) is 0 Å². The lowest BCUT2D eigenvalue weighted by Gasteiger charge is -2.43. The average Bonchev–Trinajstić information content (AvgIpc) is 2.95. The molecule has 7 nitrogen and oxygen atoms in total. The molecule has 3 rings (SSSR count). The molecule has 3 heterocycles. The fourth-order valence-corrected chi connectivity index (χ4v) is 2.64. The Hall–Kier alpha value is -1.73. The minimum atomic E-state index is 0.0566. The SMILES string of the molecule is CC(C)(CN)N1CCN(c2ncnc3nc[nH]c23)CC1. The summed E-state index contributed by atoms with van der Waals surface area (Å²) in [5.74, 6) is 0.942. The van der Waals surface area contributed by atoms with Crippen LogP contribution in [0, 0.1) is 0 Å². The molecule has 1 saturated heterocycles. The molecular weight excluding hydrogens is 254 g/mol. The van der Waals surface area contributed by atoms with E-state index in [1.165, 1.54) is 0 Å². The van der Waals surface area contributed by atoms with Crippen molar-refractivity contribution >= 4 is 17.0 Å². The van der Waals surface area contributed by atoms with Gasteiger partial charge in [-0.05, 0) is 13.8 Å². The third-order valence-electron chi connectivity index (χ3n) is 4.14. The number of piperazine rings is 1. The van der Waals surface area contributed by atoms with Crippen molar-refractivity contribution in [3.05, 3.63) is 12.7 Å². The van der Waals surface area contributed by atoms with Gasteiger partial charge in [0, 0.05) is 38.3 Å². The van der Waals surface area contributed by atoms with Gasteiger partial charge in [0.15, 0.2) is 11.5 Å². The molecule has 1 aliphatic rings. The molecule has 1 aliphatic heterocycles. The van der Waals surface area contributed by atoms with Gasteiger partial charge in [-0.2, -0.15) is 0 Å². The minimum absolute atomic E-state index is 0.0566. The van der Waals surface area contributed by atoms with E-state index in [9.17, 15) is 0 Å². The predicted molar refractivity (Wildman–Crippen MR) is 78.6 cm³/mol. The maximum absolute atomic E-state index is 5.85. The highest BCUT2D eigenvalue weighted by Crippen LogP contribution is 2.23. The molecule has 3 N–H and O–H groups in total. The van der Waals surface area contributed by atoms with E-state index < -0.39 is 0 Å². The standard InChI is InChI=1S/C13H21N7/c1-13(2,7-14)20-5-3-19(4-6-20)12-10-11(16-8-15-10)17-9-18-12/h8-9H,3-7,14H2,1-2H3,(H,15,16,17,18). The quantitative estimate of drug-likeness (QED) is 0.833. The van der Waals surface area contributed by atoms with E-state index in [0.717, 1.165) is 43.2 Å². The Balaban J connectivity index is 1.77. The van der Waals surface area contributed by atoms with E-state index in [0.29, 0.717) is 6.54 Å². The van der Waals surface area contributed by atoms with Crippen LogP contribution in [0.3, 0.4) is 0 Å². The zero-order valence-corrected chi connectivity index (χ0v) is 12.0. The Labute approximate surface area is 118 Å². The lowest BCUT2D eigenvalue weighted by atomic mass is 10.0. The lowest BCUT2D eigenvalue weighted by Crippen LogP contribution is -2.57. The molecule has 0 amide bonds. The molecule has 0 aromatic carbocycles. The zero-order valence-electron chi connectivity index (χ0n) is 12.0. The number of nitrogens with two attached hydrogens (primary N) is 1. The van der Waals surface area contributed by atoms with Crippen molar-refractivity contribution in [2.45, 2.75) is 19.4 Å². The van der Waals surface area contributed by atoms with Gasteiger partial charge in [0.2, 0.25) is 0 Å². The Bertz CT molecular complexity index is 583. The van der Waals surface area contributed by atoms with Gasteiger partial charge in [0.1, 0.15) is 11.8 Å². The van der Waals surface area contributed by atoms with Gasteiger partial charge in [-0.3, -0.25) is 4.90 Å². The lowest BCUT2D eigenvalue weighted by molar-refractivity contribution is 0.119. The highest BCUT2D eigenvalue weighted by molar-refractivity contribution is 5.82. The average molecular weight is 275 g/mol. The molecule has 0 bridgehead atoms. The van der Waals surface area contributed by atoms with Crippen LogP contribution in [-0.2, 0) is 0 Å². The van der Waals surface area contributed by atoms with Crippen molar-refractivity contribution in [1.29, 1.82) is 0 Å². The molecular formula is C13H21N7. The van der Waals surface area contributed by atoms with E-state index in [1.807, 2.05) is 0 Å². The highest BCUT2D eigenvalue weighted by atomic mass is 15.3. The van der Waals surface area contributed by atoms with Gasteiger partial charge >= 0.3 is 0 Å². The summed E-state index contributed by atoms with van der Waals surface area (Å²) in [4.78, 5) is 20.6. The molecule has 20 heavy (non-hydrogen) atoms. The van der Waals surface area contributed by atoms with Crippen LogP contribution in [-0.4, -0.2) is 63.1 Å². The van der Waals surface area contributed by atoms with E-state index in [-0.39, 0.29) is 5.54 Å². The smallest absolute Gasteiger partial charge is 0.182 e. The molecule has 0 atom stereocenters. The van der Waals surface area contributed by atoms with Crippen LogP contribution in [0.2, 0.25) is 0 Å². The Morgan fingerprint density at radius 3 is 2.65 bits per heavy atom. The number of rotatable bonds is 3. The van der Waals surface area contributed by atoms with Crippen molar-refractivity contribution in [2.24, 2.45) is 5.73 Å². The van der Waals surface area contributed by atoms with E-state index in [1.54, 1.807) is 12.7 Å². The van der Waals surface area contributed by atoms with Crippen LogP contribution >= 0.6 is 0 Å². The van der Waals surface area contributed by atoms with E-state index in [4.69, 9.17) is 5.73 Å². The van der Waals surface area contributed by atoms with Crippen molar-refractivity contribution in [3.8, 4) is 0 Å². The second kappa shape index (κ2) is 4.99. The van der Waals surface area contributed by atoms with Gasteiger partial charge in [0.25, 0.3) is 0 Å². The van der Waals surface area contributed by atoms with Crippen LogP contribution in [0.5, 0.6) is 0 Å². The summed E-state index contributed by atoms with van der Waals surface area (Å²) < 4.78 is 0. The summed E-state index contributed by atoms with van der Waals surface area (Å²) in [6, 6.07) is 0. The second-order valence-electron chi connectivity index (χ2n) is 5.79. The number of imidazole rings is 1. The monoisotopic (exact) mass is 275 g/mol. The van der Waals surface area contributed by atoms with Crippen LogP contribution in [0.1, 0.15) is 13.8 Å². The summed E-state index contributed by atoms with van der Waals surface area (Å²) >= 11 is 0. The van der Waals surface area contributed by atoms with Gasteiger partial charge in [-0.15, -0.1) is 0 Å². The van der Waals surface area contributed by atoms with Gasteiger partial charge in [0.05, 0.1) is 6.33 Å². The highest BCUT2D eigenvalue weighted by Gasteiger charge is 2.29. The first-order valence-electron chi connectivity index (χ1n) is 6.96. The summed E-state index contributed by atoms with van der Waals surface area (Å²) in [5.41, 5.74) is 7.55. The number of anilines is 1. The topological polar surface area (TPSA) is 87.0 Å². The summed E-state index contributed by atoms with van der Waals surface area (Å²) in [6.45, 7) is 8.92. The van der Waals surface area contributed by atoms with Crippen molar-refractivity contribution in [2.75, 3.05) is 37.6 Å². The van der Waals surface area contributed by atoms with Crippen molar-refractivity contribution in [1.82, 2.24) is 24.8 Å². The molecule has 0 unspecified atom stereocenters. The summed E-state index contributed by atoms with van der Waals surface area (Å²) in [5, 5.41) is 0. The fraction of sp³-hybridized carbons (Fsp3) is 0.615. The number of H-pyrrole nitrogens is 1. The zero-order chi connectivity index (χ0) is 14.2. The molecule has 2 aromatic rings. The number of nitrogens with one attached hydrogen (secondary N) is 1. The van der Waals surface area contributed by atoms with Crippen LogP contribution in [0.15, 0.2) is 12.7 Å². The maximum atomic E-state index is 5.85. The fourth-order valence-electron chi connectivity index (χ4n) is 2.64. The Morgan fingerprint density at radius 1 is 1.20 bits per heavy atom.